The van der Waals surface area contributed by atoms with E-state index in [1.807, 2.05) is 16.8 Å². The first-order valence-corrected chi connectivity index (χ1v) is 11.2. The van der Waals surface area contributed by atoms with Gasteiger partial charge in [0.25, 0.3) is 5.91 Å². The number of rotatable bonds is 6. The Hall–Kier alpha value is -3.85. The van der Waals surface area contributed by atoms with Gasteiger partial charge in [-0.05, 0) is 74.0 Å². The lowest BCUT2D eigenvalue weighted by molar-refractivity contribution is 0.0929. The number of halogens is 2. The van der Waals surface area contributed by atoms with Crippen LogP contribution in [0.2, 0.25) is 0 Å². The van der Waals surface area contributed by atoms with Crippen molar-refractivity contribution in [2.75, 3.05) is 18.4 Å². The Morgan fingerprint density at radius 1 is 1.06 bits per heavy atom. The topological polar surface area (TPSA) is 83.9 Å². The molecule has 0 saturated carbocycles. The van der Waals surface area contributed by atoms with Crippen LogP contribution in [0.5, 0.6) is 0 Å². The predicted molar refractivity (Wildman–Crippen MR) is 126 cm³/mol. The van der Waals surface area contributed by atoms with Crippen LogP contribution in [-0.2, 0) is 6.54 Å². The highest BCUT2D eigenvalue weighted by Gasteiger charge is 2.16. The molecule has 1 aliphatic rings. The molecule has 1 fully saturated rings. The number of benzene rings is 2. The van der Waals surface area contributed by atoms with Crippen LogP contribution in [0.1, 0.15) is 28.8 Å². The molecule has 0 bridgehead atoms. The fourth-order valence-electron chi connectivity index (χ4n) is 4.13. The van der Waals surface area contributed by atoms with Gasteiger partial charge in [0.15, 0.2) is 0 Å². The lowest BCUT2D eigenvalue weighted by Gasteiger charge is -2.23. The summed E-state index contributed by atoms with van der Waals surface area (Å²) in [5.41, 5.74) is 2.47. The van der Waals surface area contributed by atoms with Gasteiger partial charge < -0.3 is 20.5 Å². The minimum atomic E-state index is -0.615. The molecule has 0 unspecified atom stereocenters. The lowest BCUT2D eigenvalue weighted by Crippen LogP contribution is -2.42. The molecule has 1 aliphatic heterocycles. The summed E-state index contributed by atoms with van der Waals surface area (Å²) in [5.74, 6) is -0.930. The van der Waals surface area contributed by atoms with Crippen LogP contribution in [0.25, 0.3) is 11.0 Å². The third kappa shape index (κ3) is 5.04. The fraction of sp³-hybridized carbons (Fsp3) is 0.240. The molecule has 3 N–H and O–H groups in total. The van der Waals surface area contributed by atoms with Crippen molar-refractivity contribution in [1.29, 1.82) is 0 Å². The molecule has 3 heterocycles. The van der Waals surface area contributed by atoms with Gasteiger partial charge >= 0.3 is 0 Å². The van der Waals surface area contributed by atoms with E-state index in [4.69, 9.17) is 0 Å². The molecule has 5 rings (SSSR count). The molecular formula is C25H24F2N6O. The maximum absolute atomic E-state index is 13.6. The Morgan fingerprint density at radius 2 is 1.79 bits per heavy atom. The normalized spacial score (nSPS) is 14.3. The Bertz CT molecular complexity index is 1290. The van der Waals surface area contributed by atoms with Crippen LogP contribution in [0.15, 0.2) is 60.9 Å². The zero-order valence-corrected chi connectivity index (χ0v) is 18.4. The minimum absolute atomic E-state index is 0.0808. The Kier molecular flexibility index (Phi) is 6.18. The summed E-state index contributed by atoms with van der Waals surface area (Å²) < 4.78 is 28.9. The van der Waals surface area contributed by atoms with Crippen LogP contribution in [0, 0.1) is 11.6 Å². The second-order valence-corrected chi connectivity index (χ2v) is 8.39. The number of nitrogens with zero attached hydrogens (tertiary/aromatic N) is 3. The molecule has 2 aromatic carbocycles. The van der Waals surface area contributed by atoms with E-state index in [-0.39, 0.29) is 18.5 Å². The van der Waals surface area contributed by atoms with Crippen LogP contribution in [-0.4, -0.2) is 39.6 Å². The van der Waals surface area contributed by atoms with Gasteiger partial charge in [-0.25, -0.2) is 13.8 Å². The number of piperidine rings is 1. The van der Waals surface area contributed by atoms with Crippen LogP contribution in [0.4, 0.5) is 20.4 Å². The molecule has 2 aromatic heterocycles. The van der Waals surface area contributed by atoms with Crippen molar-refractivity contribution in [3.8, 4) is 0 Å². The van der Waals surface area contributed by atoms with Crippen molar-refractivity contribution in [2.24, 2.45) is 0 Å². The second kappa shape index (κ2) is 9.56. The van der Waals surface area contributed by atoms with Gasteiger partial charge in [-0.15, -0.1) is 0 Å². The third-order valence-electron chi connectivity index (χ3n) is 5.85. The SMILES string of the molecule is O=C(NC1CCNCC1)c1ccc(Nc2ncc3ccn(Cc4cc(F)cc(F)c4)c3n2)cc1. The zero-order chi connectivity index (χ0) is 23.5. The smallest absolute Gasteiger partial charge is 0.251 e. The van der Waals surface area contributed by atoms with E-state index in [2.05, 4.69) is 25.9 Å². The molecular weight excluding hydrogens is 438 g/mol. The summed E-state index contributed by atoms with van der Waals surface area (Å²) in [6.45, 7) is 2.11. The van der Waals surface area contributed by atoms with Gasteiger partial charge in [0, 0.05) is 47.7 Å². The number of hydrogen-bond acceptors (Lipinski definition) is 5. The van der Waals surface area contributed by atoms with Crippen molar-refractivity contribution in [2.45, 2.75) is 25.4 Å². The molecule has 1 saturated heterocycles. The summed E-state index contributed by atoms with van der Waals surface area (Å²) in [6.07, 6.45) is 5.36. The number of fused-ring (bicyclic) bond motifs is 1. The average molecular weight is 463 g/mol. The zero-order valence-electron chi connectivity index (χ0n) is 18.4. The monoisotopic (exact) mass is 462 g/mol. The molecule has 0 aliphatic carbocycles. The van der Waals surface area contributed by atoms with Crippen LogP contribution in [0.3, 0.4) is 0 Å². The molecule has 0 atom stereocenters. The van der Waals surface area contributed by atoms with Crippen molar-refractivity contribution in [1.82, 2.24) is 25.2 Å². The van der Waals surface area contributed by atoms with Gasteiger partial charge in [0.2, 0.25) is 5.95 Å². The van der Waals surface area contributed by atoms with E-state index in [0.717, 1.165) is 43.1 Å². The number of anilines is 2. The number of carbonyl (C=O) groups is 1. The highest BCUT2D eigenvalue weighted by molar-refractivity contribution is 5.94. The number of nitrogens with one attached hydrogen (secondary N) is 3. The van der Waals surface area contributed by atoms with E-state index < -0.39 is 11.6 Å². The third-order valence-corrected chi connectivity index (χ3v) is 5.85. The van der Waals surface area contributed by atoms with Gasteiger partial charge in [0.05, 0.1) is 0 Å². The summed E-state index contributed by atoms with van der Waals surface area (Å²) in [7, 11) is 0. The minimum Gasteiger partial charge on any atom is -0.349 e. The maximum atomic E-state index is 13.6. The largest absolute Gasteiger partial charge is 0.349 e. The van der Waals surface area contributed by atoms with Crippen molar-refractivity contribution < 1.29 is 13.6 Å². The Morgan fingerprint density at radius 3 is 2.53 bits per heavy atom. The number of amides is 1. The molecule has 0 radical (unpaired) electrons. The predicted octanol–water partition coefficient (Wildman–Crippen LogP) is 3.98. The summed E-state index contributed by atoms with van der Waals surface area (Å²) in [6, 6.07) is 12.6. The Labute approximate surface area is 195 Å². The van der Waals surface area contributed by atoms with E-state index >= 15 is 0 Å². The van der Waals surface area contributed by atoms with Gasteiger partial charge in [0.1, 0.15) is 17.3 Å². The van der Waals surface area contributed by atoms with E-state index in [0.29, 0.717) is 22.7 Å². The summed E-state index contributed by atoms with van der Waals surface area (Å²) in [5, 5.41) is 10.3. The molecule has 34 heavy (non-hydrogen) atoms. The molecule has 1 amide bonds. The van der Waals surface area contributed by atoms with Crippen LogP contribution >= 0.6 is 0 Å². The van der Waals surface area contributed by atoms with E-state index in [9.17, 15) is 13.6 Å². The van der Waals surface area contributed by atoms with Crippen molar-refractivity contribution >= 4 is 28.6 Å². The number of carbonyl (C=O) groups excluding carboxylic acids is 1. The maximum Gasteiger partial charge on any atom is 0.251 e. The van der Waals surface area contributed by atoms with Gasteiger partial charge in [-0.2, -0.15) is 4.98 Å². The quantitative estimate of drug-likeness (QED) is 0.404. The van der Waals surface area contributed by atoms with Gasteiger partial charge in [-0.1, -0.05) is 0 Å². The molecule has 4 aromatic rings. The Balaban J connectivity index is 1.29. The van der Waals surface area contributed by atoms with E-state index in [1.54, 1.807) is 30.5 Å². The summed E-state index contributed by atoms with van der Waals surface area (Å²) in [4.78, 5) is 21.4. The first-order chi connectivity index (χ1) is 16.5. The fourth-order valence-corrected chi connectivity index (χ4v) is 4.13. The average Bonchev–Trinajstić information content (AvgIpc) is 3.21. The highest BCUT2D eigenvalue weighted by atomic mass is 19.1. The van der Waals surface area contributed by atoms with Crippen molar-refractivity contribution in [3.63, 3.8) is 0 Å². The molecule has 174 valence electrons. The molecule has 0 spiro atoms. The van der Waals surface area contributed by atoms with E-state index in [1.165, 1.54) is 12.1 Å². The van der Waals surface area contributed by atoms with Crippen molar-refractivity contribution in [3.05, 3.63) is 83.7 Å². The lowest BCUT2D eigenvalue weighted by atomic mass is 10.1. The number of aromatic nitrogens is 3. The highest BCUT2D eigenvalue weighted by Crippen LogP contribution is 2.20. The van der Waals surface area contributed by atoms with Crippen LogP contribution < -0.4 is 16.0 Å². The molecule has 9 heteroatoms. The second-order valence-electron chi connectivity index (χ2n) is 8.39. The first kappa shape index (κ1) is 22.0. The van der Waals surface area contributed by atoms with Gasteiger partial charge in [-0.3, -0.25) is 4.79 Å². The first-order valence-electron chi connectivity index (χ1n) is 11.2. The number of hydrogen-bond donors (Lipinski definition) is 3. The standard InChI is InChI=1S/C25H24F2N6O/c26-19-11-16(12-20(27)13-19)15-33-10-7-18-14-29-25(32-23(18)33)31-21-3-1-17(2-4-21)24(34)30-22-5-8-28-9-6-22/h1-4,7,10-14,22,28H,5-6,8-9,15H2,(H,30,34)(H,29,31,32). The molecule has 7 nitrogen and oxygen atoms in total. The summed E-state index contributed by atoms with van der Waals surface area (Å²) >= 11 is 0.